The van der Waals surface area contributed by atoms with E-state index in [1.54, 1.807) is 6.07 Å². The molecule has 146 valence electrons. The summed E-state index contributed by atoms with van der Waals surface area (Å²) in [5, 5.41) is 1.00. The number of benzene rings is 3. The topological polar surface area (TPSA) is 39.4 Å². The van der Waals surface area contributed by atoms with Gasteiger partial charge < -0.3 is 9.15 Å². The standard InChI is InChI=1S/C25H21ClO3/c1-15-8-10-18(11-9-15)14-28-25-23(27)20-12-16(2)17(3)13-22(20)29-24(25)19-6-4-5-7-21(19)26/h4-13H,14H2,1-3H3. The molecule has 3 nitrogen and oxygen atoms in total. The molecule has 0 N–H and O–H groups in total. The minimum Gasteiger partial charge on any atom is -0.481 e. The van der Waals surface area contributed by atoms with Gasteiger partial charge in [-0.15, -0.1) is 0 Å². The molecule has 0 amide bonds. The van der Waals surface area contributed by atoms with E-state index in [0.29, 0.717) is 27.3 Å². The number of fused-ring (bicyclic) bond motifs is 1. The van der Waals surface area contributed by atoms with Gasteiger partial charge in [0.1, 0.15) is 12.2 Å². The van der Waals surface area contributed by atoms with Gasteiger partial charge in [0.05, 0.1) is 10.4 Å². The Morgan fingerprint density at radius 1 is 0.931 bits per heavy atom. The Balaban J connectivity index is 1.89. The predicted octanol–water partition coefficient (Wildman–Crippen LogP) is 6.62. The molecule has 0 radical (unpaired) electrons. The van der Waals surface area contributed by atoms with E-state index in [-0.39, 0.29) is 17.8 Å². The number of hydrogen-bond acceptors (Lipinski definition) is 3. The van der Waals surface area contributed by atoms with Crippen molar-refractivity contribution < 1.29 is 9.15 Å². The molecule has 1 aromatic heterocycles. The molecule has 0 aliphatic rings. The molecule has 0 unspecified atom stereocenters. The third kappa shape index (κ3) is 3.79. The fraction of sp³-hybridized carbons (Fsp3) is 0.160. The third-order valence-corrected chi connectivity index (χ3v) is 5.42. The van der Waals surface area contributed by atoms with Crippen molar-refractivity contribution in [3.05, 3.63) is 98.2 Å². The highest BCUT2D eigenvalue weighted by Gasteiger charge is 2.20. The van der Waals surface area contributed by atoms with Crippen LogP contribution in [0.5, 0.6) is 5.75 Å². The summed E-state index contributed by atoms with van der Waals surface area (Å²) in [7, 11) is 0. The second-order valence-electron chi connectivity index (χ2n) is 7.28. The Bertz CT molecular complexity index is 1250. The van der Waals surface area contributed by atoms with E-state index in [9.17, 15) is 4.79 Å². The van der Waals surface area contributed by atoms with Gasteiger partial charge in [0.2, 0.25) is 11.2 Å². The second kappa shape index (κ2) is 7.76. The van der Waals surface area contributed by atoms with E-state index >= 15 is 0 Å². The minimum absolute atomic E-state index is 0.175. The van der Waals surface area contributed by atoms with Gasteiger partial charge in [0, 0.05) is 5.56 Å². The van der Waals surface area contributed by atoms with E-state index in [4.69, 9.17) is 20.8 Å². The number of hydrogen-bond donors (Lipinski definition) is 0. The lowest BCUT2D eigenvalue weighted by Crippen LogP contribution is -2.11. The van der Waals surface area contributed by atoms with Crippen molar-refractivity contribution in [1.29, 1.82) is 0 Å². The molecule has 29 heavy (non-hydrogen) atoms. The average molecular weight is 405 g/mol. The summed E-state index contributed by atoms with van der Waals surface area (Å²) < 4.78 is 12.2. The molecule has 0 aliphatic carbocycles. The Morgan fingerprint density at radius 2 is 1.62 bits per heavy atom. The normalized spacial score (nSPS) is 11.0. The van der Waals surface area contributed by atoms with Crippen molar-refractivity contribution in [2.75, 3.05) is 0 Å². The Morgan fingerprint density at radius 3 is 2.34 bits per heavy atom. The van der Waals surface area contributed by atoms with Crippen LogP contribution in [0, 0.1) is 20.8 Å². The lowest BCUT2D eigenvalue weighted by Gasteiger charge is -2.13. The van der Waals surface area contributed by atoms with Gasteiger partial charge in [0.25, 0.3) is 0 Å². The van der Waals surface area contributed by atoms with Crippen LogP contribution in [0.4, 0.5) is 0 Å². The first-order valence-electron chi connectivity index (χ1n) is 9.45. The van der Waals surface area contributed by atoms with E-state index in [1.165, 1.54) is 5.56 Å². The minimum atomic E-state index is -0.198. The van der Waals surface area contributed by atoms with Crippen LogP contribution in [-0.2, 0) is 6.61 Å². The molecule has 0 atom stereocenters. The van der Waals surface area contributed by atoms with E-state index in [1.807, 2.05) is 75.4 Å². The summed E-state index contributed by atoms with van der Waals surface area (Å²) in [5.41, 5.74) is 5.18. The number of aryl methyl sites for hydroxylation is 3. The number of ether oxygens (including phenoxy) is 1. The smallest absolute Gasteiger partial charge is 0.235 e. The highest BCUT2D eigenvalue weighted by Crippen LogP contribution is 2.36. The van der Waals surface area contributed by atoms with Crippen molar-refractivity contribution in [3.8, 4) is 17.1 Å². The maximum absolute atomic E-state index is 13.3. The lowest BCUT2D eigenvalue weighted by molar-refractivity contribution is 0.298. The molecular formula is C25H21ClO3. The van der Waals surface area contributed by atoms with Crippen molar-refractivity contribution in [1.82, 2.24) is 0 Å². The molecule has 4 heteroatoms. The summed E-state index contributed by atoms with van der Waals surface area (Å²) in [6.45, 7) is 6.26. The van der Waals surface area contributed by atoms with Crippen LogP contribution in [0.3, 0.4) is 0 Å². The molecule has 0 fully saturated rings. The SMILES string of the molecule is Cc1ccc(COc2c(-c3ccccc3Cl)oc3cc(C)c(C)cc3c2=O)cc1. The Labute approximate surface area is 174 Å². The summed E-state index contributed by atoms with van der Waals surface area (Å²) in [4.78, 5) is 13.3. The lowest BCUT2D eigenvalue weighted by atomic mass is 10.0. The van der Waals surface area contributed by atoms with Gasteiger partial charge in [-0.1, -0.05) is 53.6 Å². The monoisotopic (exact) mass is 404 g/mol. The molecule has 0 aliphatic heterocycles. The maximum Gasteiger partial charge on any atom is 0.235 e. The van der Waals surface area contributed by atoms with Gasteiger partial charge in [-0.2, -0.15) is 0 Å². The van der Waals surface area contributed by atoms with Crippen LogP contribution >= 0.6 is 11.6 Å². The Kier molecular flexibility index (Phi) is 5.16. The first kappa shape index (κ1) is 19.3. The zero-order chi connectivity index (χ0) is 20.5. The van der Waals surface area contributed by atoms with Crippen LogP contribution in [0.2, 0.25) is 5.02 Å². The van der Waals surface area contributed by atoms with Gasteiger partial charge in [-0.05, 0) is 61.7 Å². The summed E-state index contributed by atoms with van der Waals surface area (Å²) in [5.74, 6) is 0.526. The molecule has 4 aromatic rings. The zero-order valence-electron chi connectivity index (χ0n) is 16.6. The van der Waals surface area contributed by atoms with Gasteiger partial charge in [-0.25, -0.2) is 0 Å². The molecule has 0 saturated heterocycles. The predicted molar refractivity (Wildman–Crippen MR) is 118 cm³/mol. The molecular weight excluding hydrogens is 384 g/mol. The molecule has 4 rings (SSSR count). The van der Waals surface area contributed by atoms with Crippen LogP contribution in [-0.4, -0.2) is 0 Å². The molecule has 0 bridgehead atoms. The van der Waals surface area contributed by atoms with Crippen molar-refractivity contribution in [2.24, 2.45) is 0 Å². The highest BCUT2D eigenvalue weighted by molar-refractivity contribution is 6.33. The first-order chi connectivity index (χ1) is 13.9. The molecule has 0 spiro atoms. The van der Waals surface area contributed by atoms with Gasteiger partial charge in [-0.3, -0.25) is 4.79 Å². The summed E-state index contributed by atoms with van der Waals surface area (Å²) in [6, 6.07) is 19.0. The van der Waals surface area contributed by atoms with E-state index in [0.717, 1.165) is 16.7 Å². The first-order valence-corrected chi connectivity index (χ1v) is 9.83. The van der Waals surface area contributed by atoms with Gasteiger partial charge >= 0.3 is 0 Å². The second-order valence-corrected chi connectivity index (χ2v) is 7.68. The number of rotatable bonds is 4. The highest BCUT2D eigenvalue weighted by atomic mass is 35.5. The zero-order valence-corrected chi connectivity index (χ0v) is 17.3. The quantitative estimate of drug-likeness (QED) is 0.383. The van der Waals surface area contributed by atoms with Crippen LogP contribution in [0.1, 0.15) is 22.3 Å². The van der Waals surface area contributed by atoms with Gasteiger partial charge in [0.15, 0.2) is 5.76 Å². The summed E-state index contributed by atoms with van der Waals surface area (Å²) >= 11 is 6.41. The third-order valence-electron chi connectivity index (χ3n) is 5.09. The Hall–Kier alpha value is -3.04. The molecule has 1 heterocycles. The fourth-order valence-corrected chi connectivity index (χ4v) is 3.45. The number of halogens is 1. The van der Waals surface area contributed by atoms with Crippen molar-refractivity contribution in [3.63, 3.8) is 0 Å². The average Bonchev–Trinajstić information content (AvgIpc) is 2.70. The van der Waals surface area contributed by atoms with Crippen molar-refractivity contribution >= 4 is 22.6 Å². The summed E-state index contributed by atoms with van der Waals surface area (Å²) in [6.07, 6.45) is 0. The largest absolute Gasteiger partial charge is 0.481 e. The van der Waals surface area contributed by atoms with E-state index in [2.05, 4.69) is 0 Å². The van der Waals surface area contributed by atoms with E-state index < -0.39 is 0 Å². The fourth-order valence-electron chi connectivity index (χ4n) is 3.23. The van der Waals surface area contributed by atoms with Crippen LogP contribution < -0.4 is 10.2 Å². The molecule has 0 saturated carbocycles. The maximum atomic E-state index is 13.3. The van der Waals surface area contributed by atoms with Crippen molar-refractivity contribution in [2.45, 2.75) is 27.4 Å². The molecule has 3 aromatic carbocycles. The van der Waals surface area contributed by atoms with Crippen LogP contribution in [0.15, 0.2) is 69.9 Å². The van der Waals surface area contributed by atoms with Crippen LogP contribution in [0.25, 0.3) is 22.3 Å².